The van der Waals surface area contributed by atoms with E-state index < -0.39 is 29.7 Å². The van der Waals surface area contributed by atoms with Gasteiger partial charge in [0.1, 0.15) is 18.8 Å². The third-order valence-electron chi connectivity index (χ3n) is 4.22. The van der Waals surface area contributed by atoms with Crippen LogP contribution in [0.5, 0.6) is 5.75 Å². The van der Waals surface area contributed by atoms with Crippen LogP contribution in [0, 0.1) is 11.6 Å². The minimum absolute atomic E-state index is 0.0247. The van der Waals surface area contributed by atoms with Gasteiger partial charge >= 0.3 is 0 Å². The average molecular weight is 352 g/mol. The van der Waals surface area contributed by atoms with Crippen molar-refractivity contribution in [2.45, 2.75) is 12.1 Å². The molecule has 1 fully saturated rings. The van der Waals surface area contributed by atoms with Crippen LogP contribution in [-0.4, -0.2) is 58.5 Å². The molecule has 1 aromatic carbocycles. The number of carbonyl (C=O) groups excluding carboxylic acids is 1. The molecule has 2 aliphatic heterocycles. The minimum atomic E-state index is -1.13. The summed E-state index contributed by atoms with van der Waals surface area (Å²) in [6, 6.07) is 1.80. The molecule has 25 heavy (non-hydrogen) atoms. The first-order valence-corrected chi connectivity index (χ1v) is 7.66. The standard InChI is InChI=1S/C15H14F2N4O4/c16-8-1-2-10-14(13(8)17)25-4-3-20(10)15(23)9-5-21(19-18-9)11-6-24-7-12(11)22/h1-2,5,11-12,22H,3-4,6-7H2/t11-,12-/m1/s1. The normalized spacial score (nSPS) is 22.6. The van der Waals surface area contributed by atoms with E-state index >= 15 is 0 Å². The first kappa shape index (κ1) is 15.9. The molecule has 10 heteroatoms. The van der Waals surface area contributed by atoms with E-state index in [9.17, 15) is 18.7 Å². The average Bonchev–Trinajstić information content (AvgIpc) is 3.26. The Balaban J connectivity index is 1.63. The lowest BCUT2D eigenvalue weighted by atomic mass is 10.2. The molecular formula is C15H14F2N4O4. The lowest BCUT2D eigenvalue weighted by Gasteiger charge is -2.29. The monoisotopic (exact) mass is 352 g/mol. The van der Waals surface area contributed by atoms with E-state index in [0.717, 1.165) is 6.07 Å². The first-order valence-electron chi connectivity index (χ1n) is 7.66. The Morgan fingerprint density at radius 3 is 2.92 bits per heavy atom. The number of amides is 1. The summed E-state index contributed by atoms with van der Waals surface area (Å²) in [5.41, 5.74) is 0.158. The summed E-state index contributed by atoms with van der Waals surface area (Å²) in [4.78, 5) is 14.0. The third kappa shape index (κ3) is 2.63. The van der Waals surface area contributed by atoms with E-state index in [0.29, 0.717) is 0 Å². The number of aliphatic hydroxyl groups is 1. The fourth-order valence-corrected chi connectivity index (χ4v) is 2.90. The molecule has 1 N–H and O–H groups in total. The van der Waals surface area contributed by atoms with Crippen molar-refractivity contribution in [1.82, 2.24) is 15.0 Å². The fourth-order valence-electron chi connectivity index (χ4n) is 2.90. The molecule has 8 nitrogen and oxygen atoms in total. The zero-order valence-electron chi connectivity index (χ0n) is 12.9. The molecule has 1 amide bonds. The molecule has 2 aliphatic rings. The van der Waals surface area contributed by atoms with Crippen LogP contribution in [0.2, 0.25) is 0 Å². The molecule has 0 radical (unpaired) electrons. The molecule has 0 unspecified atom stereocenters. The van der Waals surface area contributed by atoms with Crippen LogP contribution in [0.25, 0.3) is 0 Å². The fraction of sp³-hybridized carbons (Fsp3) is 0.400. The van der Waals surface area contributed by atoms with Gasteiger partial charge in [0.25, 0.3) is 5.91 Å². The van der Waals surface area contributed by atoms with E-state index in [1.807, 2.05) is 0 Å². The maximum absolute atomic E-state index is 13.9. The molecule has 1 aromatic heterocycles. The van der Waals surface area contributed by atoms with Crippen LogP contribution in [0.4, 0.5) is 14.5 Å². The van der Waals surface area contributed by atoms with Crippen LogP contribution in [0.15, 0.2) is 18.3 Å². The lowest BCUT2D eigenvalue weighted by Crippen LogP contribution is -2.38. The topological polar surface area (TPSA) is 89.7 Å². The van der Waals surface area contributed by atoms with Crippen molar-refractivity contribution >= 4 is 11.6 Å². The number of ether oxygens (including phenoxy) is 2. The Morgan fingerprint density at radius 2 is 2.16 bits per heavy atom. The van der Waals surface area contributed by atoms with Crippen molar-refractivity contribution in [3.05, 3.63) is 35.7 Å². The number of rotatable bonds is 2. The smallest absolute Gasteiger partial charge is 0.280 e. The summed E-state index contributed by atoms with van der Waals surface area (Å²) in [6.45, 7) is 0.653. The summed E-state index contributed by atoms with van der Waals surface area (Å²) >= 11 is 0. The Bertz CT molecular complexity index is 828. The molecule has 0 spiro atoms. The summed E-state index contributed by atoms with van der Waals surface area (Å²) in [5.74, 6) is -3.00. The van der Waals surface area contributed by atoms with Crippen molar-refractivity contribution in [1.29, 1.82) is 0 Å². The number of hydrogen-bond donors (Lipinski definition) is 1. The van der Waals surface area contributed by atoms with Gasteiger partial charge in [-0.1, -0.05) is 5.21 Å². The lowest BCUT2D eigenvalue weighted by molar-refractivity contribution is 0.0970. The van der Waals surface area contributed by atoms with Gasteiger partial charge in [0, 0.05) is 0 Å². The second kappa shape index (κ2) is 6.05. The SMILES string of the molecule is O=C(c1cn([C@@H]2COC[C@H]2O)nn1)N1CCOc2c1ccc(F)c2F. The molecule has 132 valence electrons. The van der Waals surface area contributed by atoms with Gasteiger partial charge in [-0.15, -0.1) is 5.10 Å². The summed E-state index contributed by atoms with van der Waals surface area (Å²) in [5, 5.41) is 17.5. The molecule has 4 rings (SSSR count). The number of carbonyl (C=O) groups is 1. The molecule has 2 atom stereocenters. The van der Waals surface area contributed by atoms with Gasteiger partial charge < -0.3 is 14.6 Å². The Labute approximate surface area is 140 Å². The highest BCUT2D eigenvalue weighted by molar-refractivity contribution is 6.05. The Kier molecular flexibility index (Phi) is 3.85. The van der Waals surface area contributed by atoms with E-state index in [4.69, 9.17) is 9.47 Å². The first-order chi connectivity index (χ1) is 12.1. The number of benzene rings is 1. The number of halogens is 2. The third-order valence-corrected chi connectivity index (χ3v) is 4.22. The van der Waals surface area contributed by atoms with Gasteiger partial charge in [-0.25, -0.2) is 9.07 Å². The summed E-state index contributed by atoms with van der Waals surface area (Å²) in [7, 11) is 0. The summed E-state index contributed by atoms with van der Waals surface area (Å²) < 4.78 is 38.9. The molecule has 3 heterocycles. The number of aliphatic hydroxyl groups excluding tert-OH is 1. The molecule has 0 bridgehead atoms. The number of fused-ring (bicyclic) bond motifs is 1. The van der Waals surface area contributed by atoms with Gasteiger partial charge in [-0.05, 0) is 12.1 Å². The van der Waals surface area contributed by atoms with E-state index in [1.165, 1.54) is 21.8 Å². The van der Waals surface area contributed by atoms with Crippen LogP contribution < -0.4 is 9.64 Å². The highest BCUT2D eigenvalue weighted by Gasteiger charge is 2.32. The Morgan fingerprint density at radius 1 is 1.32 bits per heavy atom. The molecular weight excluding hydrogens is 338 g/mol. The van der Waals surface area contributed by atoms with Gasteiger partial charge in [0.05, 0.1) is 31.6 Å². The van der Waals surface area contributed by atoms with Gasteiger partial charge in [0.2, 0.25) is 5.82 Å². The zero-order valence-corrected chi connectivity index (χ0v) is 12.9. The van der Waals surface area contributed by atoms with Crippen LogP contribution in [0.3, 0.4) is 0 Å². The number of anilines is 1. The van der Waals surface area contributed by atoms with Crippen LogP contribution in [-0.2, 0) is 4.74 Å². The largest absolute Gasteiger partial charge is 0.486 e. The van der Waals surface area contributed by atoms with Gasteiger partial charge in [0.15, 0.2) is 17.3 Å². The van der Waals surface area contributed by atoms with Crippen molar-refractivity contribution in [2.24, 2.45) is 0 Å². The van der Waals surface area contributed by atoms with Crippen LogP contribution >= 0.6 is 0 Å². The predicted octanol–water partition coefficient (Wildman–Crippen LogP) is 0.528. The molecule has 1 saturated heterocycles. The van der Waals surface area contributed by atoms with Gasteiger partial charge in [-0.2, -0.15) is 4.39 Å². The van der Waals surface area contributed by atoms with Crippen molar-refractivity contribution in [3.8, 4) is 5.75 Å². The van der Waals surface area contributed by atoms with Crippen molar-refractivity contribution in [2.75, 3.05) is 31.3 Å². The second-order valence-electron chi connectivity index (χ2n) is 5.77. The Hall–Kier alpha value is -2.59. The quantitative estimate of drug-likeness (QED) is 0.848. The highest BCUT2D eigenvalue weighted by Crippen LogP contribution is 2.36. The molecule has 2 aromatic rings. The minimum Gasteiger partial charge on any atom is -0.486 e. The molecule has 0 aliphatic carbocycles. The van der Waals surface area contributed by atoms with Gasteiger partial charge in [-0.3, -0.25) is 9.69 Å². The highest BCUT2D eigenvalue weighted by atomic mass is 19.2. The maximum atomic E-state index is 13.9. The number of nitrogens with zero attached hydrogens (tertiary/aromatic N) is 4. The maximum Gasteiger partial charge on any atom is 0.280 e. The van der Waals surface area contributed by atoms with E-state index in [1.54, 1.807) is 0 Å². The molecule has 0 saturated carbocycles. The van der Waals surface area contributed by atoms with Crippen molar-refractivity contribution in [3.63, 3.8) is 0 Å². The van der Waals surface area contributed by atoms with Crippen LogP contribution in [0.1, 0.15) is 16.5 Å². The van der Waals surface area contributed by atoms with E-state index in [-0.39, 0.29) is 43.5 Å². The zero-order chi connectivity index (χ0) is 17.6. The summed E-state index contributed by atoms with van der Waals surface area (Å²) in [6.07, 6.45) is 0.672. The number of aromatic nitrogens is 3. The number of hydrogen-bond acceptors (Lipinski definition) is 6. The van der Waals surface area contributed by atoms with E-state index in [2.05, 4.69) is 10.3 Å². The van der Waals surface area contributed by atoms with Crippen molar-refractivity contribution < 1.29 is 28.2 Å². The predicted molar refractivity (Wildman–Crippen MR) is 79.4 cm³/mol. The second-order valence-corrected chi connectivity index (χ2v) is 5.77.